The Kier molecular flexibility index (Phi) is 3.37. The van der Waals surface area contributed by atoms with Crippen LogP contribution in [0.25, 0.3) is 11.6 Å². The molecule has 1 aliphatic heterocycles. The summed E-state index contributed by atoms with van der Waals surface area (Å²) >= 11 is 0. The smallest absolute Gasteiger partial charge is 0.209 e. The molecule has 2 nitrogen and oxygen atoms in total. The van der Waals surface area contributed by atoms with Crippen LogP contribution in [0.15, 0.2) is 41.9 Å². The van der Waals surface area contributed by atoms with Crippen molar-refractivity contribution in [2.75, 3.05) is 6.61 Å². The van der Waals surface area contributed by atoms with Crippen LogP contribution in [0, 0.1) is 0 Å². The average molecular weight is 241 g/mol. The van der Waals surface area contributed by atoms with Crippen LogP contribution in [0.2, 0.25) is 0 Å². The summed E-state index contributed by atoms with van der Waals surface area (Å²) in [5.41, 5.74) is 3.36. The van der Waals surface area contributed by atoms with E-state index in [1.165, 1.54) is 5.56 Å². The minimum absolute atomic E-state index is 0.0984. The Hall–Kier alpha value is -1.83. The van der Waals surface area contributed by atoms with Gasteiger partial charge in [-0.2, -0.15) is 0 Å². The maximum Gasteiger partial charge on any atom is 0.209 e. The van der Waals surface area contributed by atoms with Gasteiger partial charge in [-0.25, -0.2) is 4.99 Å². The highest BCUT2D eigenvalue weighted by atomic mass is 16.5. The molecule has 2 heteroatoms. The first-order valence-electron chi connectivity index (χ1n) is 6.14. The number of ether oxygens (including phenoxy) is 1. The van der Waals surface area contributed by atoms with Gasteiger partial charge in [0.25, 0.3) is 0 Å². The Bertz CT molecular complexity index is 506. The molecule has 0 N–H and O–H groups in total. The van der Waals surface area contributed by atoms with Gasteiger partial charge in [0.05, 0.1) is 5.54 Å². The van der Waals surface area contributed by atoms with Crippen molar-refractivity contribution in [2.24, 2.45) is 4.99 Å². The molecule has 0 aromatic heterocycles. The number of nitrogens with zero attached hydrogens (tertiary/aromatic N) is 1. The summed E-state index contributed by atoms with van der Waals surface area (Å²) in [6.07, 6.45) is 3.84. The molecule has 0 spiro atoms. The van der Waals surface area contributed by atoms with Gasteiger partial charge in [0.15, 0.2) is 0 Å². The predicted octanol–water partition coefficient (Wildman–Crippen LogP) is 3.94. The molecule has 18 heavy (non-hydrogen) atoms. The quantitative estimate of drug-likeness (QED) is 0.785. The Balaban J connectivity index is 2.20. The summed E-state index contributed by atoms with van der Waals surface area (Å²) in [7, 11) is 0. The highest BCUT2D eigenvalue weighted by Crippen LogP contribution is 2.21. The summed E-state index contributed by atoms with van der Waals surface area (Å²) in [6.45, 7) is 10.6. The van der Waals surface area contributed by atoms with E-state index in [2.05, 4.69) is 56.6 Å². The van der Waals surface area contributed by atoms with Gasteiger partial charge in [0, 0.05) is 6.08 Å². The Morgan fingerprint density at radius 1 is 1.33 bits per heavy atom. The number of hydrogen-bond donors (Lipinski definition) is 0. The second-order valence-corrected chi connectivity index (χ2v) is 5.20. The normalized spacial score (nSPS) is 18.2. The summed E-state index contributed by atoms with van der Waals surface area (Å²) in [4.78, 5) is 4.52. The van der Waals surface area contributed by atoms with Crippen LogP contribution < -0.4 is 0 Å². The van der Waals surface area contributed by atoms with Crippen LogP contribution >= 0.6 is 0 Å². The third-order valence-electron chi connectivity index (χ3n) is 2.93. The van der Waals surface area contributed by atoms with Crippen LogP contribution in [0.1, 0.15) is 31.9 Å². The molecular weight excluding hydrogens is 222 g/mol. The van der Waals surface area contributed by atoms with E-state index < -0.39 is 0 Å². The monoisotopic (exact) mass is 241 g/mol. The maximum atomic E-state index is 5.56. The molecule has 0 saturated carbocycles. The van der Waals surface area contributed by atoms with Crippen molar-refractivity contribution in [1.82, 2.24) is 0 Å². The van der Waals surface area contributed by atoms with E-state index in [9.17, 15) is 0 Å². The van der Waals surface area contributed by atoms with Crippen molar-refractivity contribution in [3.8, 4) is 0 Å². The molecule has 0 aliphatic carbocycles. The molecule has 0 atom stereocenters. The first-order chi connectivity index (χ1) is 8.50. The maximum absolute atomic E-state index is 5.56. The number of aliphatic imine (C=N–C) groups is 1. The molecule has 0 saturated heterocycles. The van der Waals surface area contributed by atoms with Crippen molar-refractivity contribution >= 4 is 17.5 Å². The zero-order valence-corrected chi connectivity index (χ0v) is 11.2. The number of allylic oxidation sites excluding steroid dienone is 1. The third kappa shape index (κ3) is 2.89. The fraction of sp³-hybridized carbons (Fsp3) is 0.312. The molecule has 0 amide bonds. The summed E-state index contributed by atoms with van der Waals surface area (Å²) in [6, 6.07) is 8.29. The number of benzene rings is 1. The topological polar surface area (TPSA) is 21.6 Å². The molecule has 2 rings (SSSR count). The first kappa shape index (κ1) is 12.6. The van der Waals surface area contributed by atoms with E-state index >= 15 is 0 Å². The van der Waals surface area contributed by atoms with Crippen molar-refractivity contribution in [3.63, 3.8) is 0 Å². The second-order valence-electron chi connectivity index (χ2n) is 5.20. The molecule has 94 valence electrons. The molecule has 1 heterocycles. The summed E-state index contributed by atoms with van der Waals surface area (Å²) in [5.74, 6) is 0.727. The van der Waals surface area contributed by atoms with E-state index in [1.54, 1.807) is 0 Å². The fourth-order valence-electron chi connectivity index (χ4n) is 1.84. The molecule has 1 aromatic carbocycles. The van der Waals surface area contributed by atoms with Gasteiger partial charge in [-0.3, -0.25) is 0 Å². The van der Waals surface area contributed by atoms with Crippen molar-refractivity contribution in [2.45, 2.75) is 26.3 Å². The van der Waals surface area contributed by atoms with Gasteiger partial charge < -0.3 is 4.74 Å². The highest BCUT2D eigenvalue weighted by molar-refractivity contribution is 5.96. The largest absolute Gasteiger partial charge is 0.475 e. The second kappa shape index (κ2) is 4.81. The highest BCUT2D eigenvalue weighted by Gasteiger charge is 2.24. The van der Waals surface area contributed by atoms with E-state index in [0.717, 1.165) is 17.0 Å². The lowest BCUT2D eigenvalue weighted by molar-refractivity contribution is 0.280. The van der Waals surface area contributed by atoms with Crippen LogP contribution in [0.4, 0.5) is 0 Å². The van der Waals surface area contributed by atoms with Crippen molar-refractivity contribution in [1.29, 1.82) is 0 Å². The van der Waals surface area contributed by atoms with Crippen molar-refractivity contribution in [3.05, 3.63) is 48.0 Å². The number of rotatable bonds is 3. The summed E-state index contributed by atoms with van der Waals surface area (Å²) < 4.78 is 5.56. The lowest BCUT2D eigenvalue weighted by atomic mass is 10.1. The van der Waals surface area contributed by atoms with Gasteiger partial charge in [-0.05, 0) is 37.5 Å². The minimum atomic E-state index is -0.0984. The van der Waals surface area contributed by atoms with Gasteiger partial charge >= 0.3 is 0 Å². The SMILES string of the molecule is C=Cc1ccc(C(C)=CC2=NC(C)(C)CO2)cc1. The van der Waals surface area contributed by atoms with E-state index in [-0.39, 0.29) is 5.54 Å². The third-order valence-corrected chi connectivity index (χ3v) is 2.93. The predicted molar refractivity (Wildman–Crippen MR) is 77.7 cm³/mol. The van der Waals surface area contributed by atoms with Crippen molar-refractivity contribution < 1.29 is 4.74 Å². The molecule has 1 aliphatic rings. The minimum Gasteiger partial charge on any atom is -0.475 e. The van der Waals surface area contributed by atoms with Gasteiger partial charge in [0.2, 0.25) is 5.90 Å². The average Bonchev–Trinajstić information content (AvgIpc) is 2.68. The summed E-state index contributed by atoms with van der Waals surface area (Å²) in [5, 5.41) is 0. The van der Waals surface area contributed by atoms with E-state index in [4.69, 9.17) is 4.74 Å². The molecular formula is C16H19NO. The fourth-order valence-corrected chi connectivity index (χ4v) is 1.84. The van der Waals surface area contributed by atoms with E-state index in [1.807, 2.05) is 12.2 Å². The van der Waals surface area contributed by atoms with Crippen LogP contribution in [-0.2, 0) is 4.74 Å². The molecule has 0 radical (unpaired) electrons. The van der Waals surface area contributed by atoms with Gasteiger partial charge in [-0.1, -0.05) is 36.9 Å². The Labute approximate surface area is 109 Å². The van der Waals surface area contributed by atoms with Crippen LogP contribution in [0.3, 0.4) is 0 Å². The first-order valence-corrected chi connectivity index (χ1v) is 6.14. The molecule has 0 fully saturated rings. The Morgan fingerprint density at radius 3 is 2.50 bits per heavy atom. The lowest BCUT2D eigenvalue weighted by Crippen LogP contribution is -2.17. The molecule has 0 unspecified atom stereocenters. The standard InChI is InChI=1S/C16H19NO/c1-5-13-6-8-14(9-7-13)12(2)10-15-17-16(3,4)11-18-15/h5-10H,1,11H2,2-4H3. The lowest BCUT2D eigenvalue weighted by Gasteiger charge is -2.07. The van der Waals surface area contributed by atoms with Crippen LogP contribution in [-0.4, -0.2) is 18.0 Å². The number of hydrogen-bond acceptors (Lipinski definition) is 2. The van der Waals surface area contributed by atoms with Crippen LogP contribution in [0.5, 0.6) is 0 Å². The van der Waals surface area contributed by atoms with E-state index in [0.29, 0.717) is 6.61 Å². The molecule has 0 bridgehead atoms. The van der Waals surface area contributed by atoms with Gasteiger partial charge in [-0.15, -0.1) is 0 Å². The zero-order valence-electron chi connectivity index (χ0n) is 11.2. The Morgan fingerprint density at radius 2 is 2.00 bits per heavy atom. The van der Waals surface area contributed by atoms with Gasteiger partial charge in [0.1, 0.15) is 6.61 Å². The zero-order chi connectivity index (χ0) is 13.2. The molecule has 1 aromatic rings.